The second-order valence-electron chi connectivity index (χ2n) is 5.41. The van der Waals surface area contributed by atoms with E-state index in [1.165, 1.54) is 6.42 Å². The summed E-state index contributed by atoms with van der Waals surface area (Å²) in [7, 11) is 2.01. The first-order chi connectivity index (χ1) is 8.45. The SMILES string of the molecule is CNC(Cc1c(Cl)cccc1Cl)C(C)CC(C)C. The summed E-state index contributed by atoms with van der Waals surface area (Å²) < 4.78 is 0. The van der Waals surface area contributed by atoms with Gasteiger partial charge in [-0.1, -0.05) is 50.0 Å². The molecule has 18 heavy (non-hydrogen) atoms. The highest BCUT2D eigenvalue weighted by Crippen LogP contribution is 2.28. The Kier molecular flexibility index (Phi) is 6.48. The van der Waals surface area contributed by atoms with Crippen molar-refractivity contribution in [2.45, 2.75) is 39.7 Å². The van der Waals surface area contributed by atoms with Crippen molar-refractivity contribution in [1.29, 1.82) is 0 Å². The fourth-order valence-corrected chi connectivity index (χ4v) is 2.99. The van der Waals surface area contributed by atoms with Crippen LogP contribution in [0.5, 0.6) is 0 Å². The highest BCUT2D eigenvalue weighted by Gasteiger charge is 2.19. The number of nitrogens with one attached hydrogen (secondary N) is 1. The van der Waals surface area contributed by atoms with Crippen molar-refractivity contribution in [2.24, 2.45) is 11.8 Å². The van der Waals surface area contributed by atoms with E-state index in [2.05, 4.69) is 26.1 Å². The van der Waals surface area contributed by atoms with Crippen LogP contribution in [0.1, 0.15) is 32.8 Å². The van der Waals surface area contributed by atoms with Crippen molar-refractivity contribution in [3.8, 4) is 0 Å². The second kappa shape index (κ2) is 7.37. The van der Waals surface area contributed by atoms with E-state index in [-0.39, 0.29) is 0 Å². The summed E-state index contributed by atoms with van der Waals surface area (Å²) in [5.41, 5.74) is 1.05. The lowest BCUT2D eigenvalue weighted by Crippen LogP contribution is -2.35. The Morgan fingerprint density at radius 2 is 1.67 bits per heavy atom. The zero-order chi connectivity index (χ0) is 13.7. The molecule has 0 bridgehead atoms. The molecule has 0 saturated heterocycles. The van der Waals surface area contributed by atoms with Gasteiger partial charge in [0.05, 0.1) is 0 Å². The van der Waals surface area contributed by atoms with E-state index < -0.39 is 0 Å². The molecule has 1 aromatic rings. The molecule has 0 amide bonds. The average Bonchev–Trinajstić information content (AvgIpc) is 2.27. The molecule has 3 heteroatoms. The molecule has 0 aliphatic carbocycles. The highest BCUT2D eigenvalue weighted by molar-refractivity contribution is 6.36. The molecule has 0 heterocycles. The minimum absolute atomic E-state index is 0.407. The van der Waals surface area contributed by atoms with Crippen LogP contribution in [0, 0.1) is 11.8 Å². The van der Waals surface area contributed by atoms with Crippen molar-refractivity contribution in [2.75, 3.05) is 7.05 Å². The molecule has 1 aromatic carbocycles. The van der Waals surface area contributed by atoms with Crippen LogP contribution in [0.2, 0.25) is 10.0 Å². The van der Waals surface area contributed by atoms with Crippen LogP contribution < -0.4 is 5.32 Å². The van der Waals surface area contributed by atoms with E-state index in [1.807, 2.05) is 25.2 Å². The third-order valence-corrected chi connectivity index (χ3v) is 4.09. The van der Waals surface area contributed by atoms with E-state index in [1.54, 1.807) is 0 Å². The van der Waals surface area contributed by atoms with Crippen LogP contribution in [0.15, 0.2) is 18.2 Å². The predicted molar refractivity (Wildman–Crippen MR) is 81.6 cm³/mol. The van der Waals surface area contributed by atoms with E-state index in [9.17, 15) is 0 Å². The maximum atomic E-state index is 6.23. The highest BCUT2D eigenvalue weighted by atomic mass is 35.5. The fraction of sp³-hybridized carbons (Fsp3) is 0.600. The summed E-state index contributed by atoms with van der Waals surface area (Å²) in [4.78, 5) is 0. The largest absolute Gasteiger partial charge is 0.316 e. The van der Waals surface area contributed by atoms with Crippen LogP contribution in [-0.4, -0.2) is 13.1 Å². The molecular weight excluding hydrogens is 265 g/mol. The standard InChI is InChI=1S/C15H23Cl2N/c1-10(2)8-11(3)15(18-4)9-12-13(16)6-5-7-14(12)17/h5-7,10-11,15,18H,8-9H2,1-4H3. The molecule has 0 aromatic heterocycles. The minimum atomic E-state index is 0.407. The summed E-state index contributed by atoms with van der Waals surface area (Å²) in [5.74, 6) is 1.31. The van der Waals surface area contributed by atoms with Gasteiger partial charge in [0.15, 0.2) is 0 Å². The lowest BCUT2D eigenvalue weighted by atomic mass is 9.88. The smallest absolute Gasteiger partial charge is 0.0453 e. The summed E-state index contributed by atoms with van der Waals surface area (Å²) in [6.07, 6.45) is 2.08. The number of benzene rings is 1. The Balaban J connectivity index is 2.79. The van der Waals surface area contributed by atoms with Gasteiger partial charge in [-0.15, -0.1) is 0 Å². The molecule has 1 rings (SSSR count). The predicted octanol–water partition coefficient (Wildman–Crippen LogP) is 4.81. The van der Waals surface area contributed by atoms with Gasteiger partial charge in [-0.3, -0.25) is 0 Å². The van der Waals surface area contributed by atoms with Crippen LogP contribution in [0.4, 0.5) is 0 Å². The summed E-state index contributed by atoms with van der Waals surface area (Å²) >= 11 is 12.5. The van der Waals surface area contributed by atoms with E-state index in [4.69, 9.17) is 23.2 Å². The molecule has 1 nitrogen and oxygen atoms in total. The lowest BCUT2D eigenvalue weighted by molar-refractivity contribution is 0.335. The number of halogens is 2. The van der Waals surface area contributed by atoms with Gasteiger partial charge >= 0.3 is 0 Å². The summed E-state index contributed by atoms with van der Waals surface area (Å²) in [6, 6.07) is 6.11. The molecule has 0 saturated carbocycles. The second-order valence-corrected chi connectivity index (χ2v) is 6.22. The van der Waals surface area contributed by atoms with Crippen molar-refractivity contribution >= 4 is 23.2 Å². The molecule has 0 aliphatic heterocycles. The quantitative estimate of drug-likeness (QED) is 0.792. The lowest BCUT2D eigenvalue weighted by Gasteiger charge is -2.26. The Morgan fingerprint density at radius 3 is 2.11 bits per heavy atom. The number of hydrogen-bond acceptors (Lipinski definition) is 1. The molecule has 0 aliphatic rings. The first kappa shape index (κ1) is 15.8. The van der Waals surface area contributed by atoms with Crippen LogP contribution in [0.3, 0.4) is 0 Å². The summed E-state index contributed by atoms with van der Waals surface area (Å²) in [6.45, 7) is 6.79. The van der Waals surface area contributed by atoms with Gasteiger partial charge in [0.25, 0.3) is 0 Å². The number of rotatable bonds is 6. The van der Waals surface area contributed by atoms with Gasteiger partial charge in [0, 0.05) is 16.1 Å². The topological polar surface area (TPSA) is 12.0 Å². The molecule has 1 N–H and O–H groups in total. The monoisotopic (exact) mass is 287 g/mol. The van der Waals surface area contributed by atoms with Crippen molar-refractivity contribution in [1.82, 2.24) is 5.32 Å². The van der Waals surface area contributed by atoms with Crippen molar-refractivity contribution in [3.63, 3.8) is 0 Å². The van der Waals surface area contributed by atoms with Gasteiger partial charge in [0.2, 0.25) is 0 Å². The molecular formula is C15H23Cl2N. The van der Waals surface area contributed by atoms with E-state index in [0.717, 1.165) is 22.0 Å². The maximum absolute atomic E-state index is 6.23. The summed E-state index contributed by atoms with van der Waals surface area (Å²) in [5, 5.41) is 4.92. The average molecular weight is 288 g/mol. The molecule has 0 spiro atoms. The van der Waals surface area contributed by atoms with Gasteiger partial charge in [-0.05, 0) is 49.4 Å². The number of likely N-dealkylation sites (N-methyl/N-ethyl adjacent to an activating group) is 1. The Hall–Kier alpha value is -0.240. The van der Waals surface area contributed by atoms with Crippen LogP contribution in [0.25, 0.3) is 0 Å². The Labute approximate surface area is 121 Å². The van der Waals surface area contributed by atoms with E-state index in [0.29, 0.717) is 17.9 Å². The van der Waals surface area contributed by atoms with Gasteiger partial charge in [0.1, 0.15) is 0 Å². The van der Waals surface area contributed by atoms with Gasteiger partial charge in [-0.25, -0.2) is 0 Å². The molecule has 0 radical (unpaired) electrons. The Bertz CT molecular complexity index is 357. The first-order valence-electron chi connectivity index (χ1n) is 6.55. The van der Waals surface area contributed by atoms with Crippen LogP contribution >= 0.6 is 23.2 Å². The van der Waals surface area contributed by atoms with Gasteiger partial charge < -0.3 is 5.32 Å². The minimum Gasteiger partial charge on any atom is -0.316 e. The zero-order valence-corrected chi connectivity index (χ0v) is 13.1. The maximum Gasteiger partial charge on any atom is 0.0453 e. The number of hydrogen-bond donors (Lipinski definition) is 1. The molecule has 102 valence electrons. The van der Waals surface area contributed by atoms with E-state index >= 15 is 0 Å². The first-order valence-corrected chi connectivity index (χ1v) is 7.31. The molecule has 2 atom stereocenters. The van der Waals surface area contributed by atoms with Crippen molar-refractivity contribution < 1.29 is 0 Å². The molecule has 0 fully saturated rings. The third kappa shape index (κ3) is 4.46. The fourth-order valence-electron chi connectivity index (χ4n) is 2.44. The third-order valence-electron chi connectivity index (χ3n) is 3.39. The van der Waals surface area contributed by atoms with Crippen molar-refractivity contribution in [3.05, 3.63) is 33.8 Å². The van der Waals surface area contributed by atoms with Crippen LogP contribution in [-0.2, 0) is 6.42 Å². The normalized spacial score (nSPS) is 14.8. The Morgan fingerprint density at radius 1 is 1.11 bits per heavy atom. The van der Waals surface area contributed by atoms with Gasteiger partial charge in [-0.2, -0.15) is 0 Å². The zero-order valence-electron chi connectivity index (χ0n) is 11.6. The molecule has 2 unspecified atom stereocenters.